The Morgan fingerprint density at radius 1 is 1.03 bits per heavy atom. The maximum Gasteiger partial charge on any atom is 0.348 e. The molecule has 0 aliphatic heterocycles. The van der Waals surface area contributed by atoms with E-state index < -0.39 is 29.8 Å². The molecule has 2 fully saturated rings. The van der Waals surface area contributed by atoms with E-state index in [2.05, 4.69) is 12.2 Å². The third kappa shape index (κ3) is 4.92. The average molecular weight is 451 g/mol. The van der Waals surface area contributed by atoms with Crippen LogP contribution in [0.5, 0.6) is 0 Å². The lowest BCUT2D eigenvalue weighted by molar-refractivity contribution is -0.149. The largest absolute Gasteiger partial charge is 0.481 e. The lowest BCUT2D eigenvalue weighted by Crippen LogP contribution is -2.51. The van der Waals surface area contributed by atoms with E-state index in [0.717, 1.165) is 37.0 Å². The summed E-state index contributed by atoms with van der Waals surface area (Å²) in [6.45, 7) is 2.16. The van der Waals surface area contributed by atoms with Crippen LogP contribution in [0.3, 0.4) is 0 Å². The maximum atomic E-state index is 13.6. The molecule has 3 rings (SSSR count). The summed E-state index contributed by atoms with van der Waals surface area (Å²) in [7, 11) is 1.48. The van der Waals surface area contributed by atoms with Gasteiger partial charge < -0.3 is 20.4 Å². The highest BCUT2D eigenvalue weighted by atomic mass is 32.1. The van der Waals surface area contributed by atoms with Gasteiger partial charge in [-0.25, -0.2) is 4.79 Å². The van der Waals surface area contributed by atoms with Crippen LogP contribution in [0, 0.1) is 23.7 Å². The van der Waals surface area contributed by atoms with E-state index in [0.29, 0.717) is 24.4 Å². The summed E-state index contributed by atoms with van der Waals surface area (Å²) in [6.07, 6.45) is 4.29. The number of carboxylic acids is 2. The van der Waals surface area contributed by atoms with Crippen LogP contribution in [0.1, 0.15) is 61.5 Å². The zero-order chi connectivity index (χ0) is 22.7. The summed E-state index contributed by atoms with van der Waals surface area (Å²) < 4.78 is 0. The molecule has 31 heavy (non-hydrogen) atoms. The molecule has 0 aromatic carbocycles. The predicted molar refractivity (Wildman–Crippen MR) is 116 cm³/mol. The Bertz CT molecular complexity index is 845. The van der Waals surface area contributed by atoms with Crippen LogP contribution in [0.4, 0.5) is 5.69 Å². The molecular formula is C22H30N2O6S. The molecule has 3 N–H and O–H groups in total. The van der Waals surface area contributed by atoms with Gasteiger partial charge in [0.25, 0.3) is 0 Å². The van der Waals surface area contributed by atoms with Crippen molar-refractivity contribution in [3.63, 3.8) is 0 Å². The Morgan fingerprint density at radius 2 is 1.71 bits per heavy atom. The average Bonchev–Trinajstić information content (AvgIpc) is 3.23. The summed E-state index contributed by atoms with van der Waals surface area (Å²) in [5.41, 5.74) is 0.341. The molecule has 9 heteroatoms. The second-order valence-corrected chi connectivity index (χ2v) is 9.65. The van der Waals surface area contributed by atoms with Gasteiger partial charge in [-0.3, -0.25) is 14.4 Å². The first-order chi connectivity index (χ1) is 14.7. The number of hydrogen-bond acceptors (Lipinski definition) is 5. The maximum absolute atomic E-state index is 13.6. The number of anilines is 1. The molecule has 0 saturated heterocycles. The van der Waals surface area contributed by atoms with Gasteiger partial charge in [-0.1, -0.05) is 6.92 Å². The van der Waals surface area contributed by atoms with Gasteiger partial charge in [0, 0.05) is 19.0 Å². The first kappa shape index (κ1) is 23.2. The fourth-order valence-corrected chi connectivity index (χ4v) is 5.73. The van der Waals surface area contributed by atoms with E-state index in [9.17, 15) is 29.4 Å². The number of carbonyl (C=O) groups is 4. The molecule has 0 radical (unpaired) electrons. The van der Waals surface area contributed by atoms with Crippen molar-refractivity contribution in [2.45, 2.75) is 57.9 Å². The van der Waals surface area contributed by atoms with Crippen molar-refractivity contribution >= 4 is 40.8 Å². The van der Waals surface area contributed by atoms with E-state index in [1.165, 1.54) is 7.05 Å². The van der Waals surface area contributed by atoms with Crippen LogP contribution in [0.2, 0.25) is 0 Å². The smallest absolute Gasteiger partial charge is 0.348 e. The summed E-state index contributed by atoms with van der Waals surface area (Å²) in [5, 5.41) is 23.6. The van der Waals surface area contributed by atoms with Crippen LogP contribution in [-0.4, -0.2) is 47.1 Å². The van der Waals surface area contributed by atoms with Gasteiger partial charge in [0.1, 0.15) is 4.88 Å². The van der Waals surface area contributed by atoms with E-state index >= 15 is 0 Å². The topological polar surface area (TPSA) is 124 Å². The summed E-state index contributed by atoms with van der Waals surface area (Å²) in [4.78, 5) is 51.2. The molecule has 1 heterocycles. The van der Waals surface area contributed by atoms with Crippen molar-refractivity contribution in [3.05, 3.63) is 16.3 Å². The normalized spacial score (nSPS) is 28.5. The number of aromatic carboxylic acids is 1. The molecule has 8 nitrogen and oxygen atoms in total. The highest BCUT2D eigenvalue weighted by Gasteiger charge is 2.44. The Labute approximate surface area is 185 Å². The van der Waals surface area contributed by atoms with E-state index in [1.807, 2.05) is 0 Å². The van der Waals surface area contributed by atoms with Crippen molar-refractivity contribution < 1.29 is 29.4 Å². The predicted octanol–water partition coefficient (Wildman–Crippen LogP) is 3.22. The molecule has 0 spiro atoms. The third-order valence-corrected chi connectivity index (χ3v) is 7.68. The fraction of sp³-hybridized carbons (Fsp3) is 0.636. The highest BCUT2D eigenvalue weighted by molar-refractivity contribution is 7.12. The first-order valence-electron chi connectivity index (χ1n) is 10.8. The molecule has 2 aliphatic carbocycles. The molecule has 2 saturated carbocycles. The van der Waals surface area contributed by atoms with Crippen LogP contribution in [0.25, 0.3) is 0 Å². The highest BCUT2D eigenvalue weighted by Crippen LogP contribution is 2.40. The minimum Gasteiger partial charge on any atom is -0.481 e. The number of nitrogens with one attached hydrogen (secondary N) is 1. The zero-order valence-corrected chi connectivity index (χ0v) is 18.7. The number of hydrogen-bond donors (Lipinski definition) is 3. The fourth-order valence-electron chi connectivity index (χ4n) is 5.01. The van der Waals surface area contributed by atoms with Gasteiger partial charge in [-0.05, 0) is 62.3 Å². The minimum absolute atomic E-state index is 0.0813. The molecule has 2 aliphatic rings. The Balaban J connectivity index is 1.93. The van der Waals surface area contributed by atoms with Crippen molar-refractivity contribution in [2.75, 3.05) is 11.9 Å². The van der Waals surface area contributed by atoms with Gasteiger partial charge in [0.05, 0.1) is 17.5 Å². The molecule has 1 aromatic heterocycles. The standard InChI is InChI=1S/C22H30N2O6S/c1-12-3-5-13(6-4-12)20(26)24(17-9-10-31-18(17)22(29)30)14-7-8-15(19(25)23-2)16(11-14)21(27)28/h9-10,12-16H,3-8,11H2,1-2H3,(H,23,25)(H,27,28)(H,29,30)/t12?,13?,14?,15-,16-/m0/s1. The number of carboxylic acid groups (broad SMARTS) is 2. The molecule has 1 unspecified atom stereocenters. The van der Waals surface area contributed by atoms with Gasteiger partial charge in [-0.15, -0.1) is 11.3 Å². The molecule has 170 valence electrons. The van der Waals surface area contributed by atoms with Crippen molar-refractivity contribution in [1.29, 1.82) is 0 Å². The Hall–Kier alpha value is -2.42. The van der Waals surface area contributed by atoms with Crippen molar-refractivity contribution in [1.82, 2.24) is 5.32 Å². The monoisotopic (exact) mass is 450 g/mol. The number of thiophene rings is 1. The number of carbonyl (C=O) groups excluding carboxylic acids is 2. The molecular weight excluding hydrogens is 420 g/mol. The van der Waals surface area contributed by atoms with E-state index in [1.54, 1.807) is 16.3 Å². The second kappa shape index (κ2) is 9.80. The van der Waals surface area contributed by atoms with Crippen LogP contribution < -0.4 is 10.2 Å². The third-order valence-electron chi connectivity index (χ3n) is 6.79. The molecule has 1 aromatic rings. The number of amides is 2. The molecule has 2 amide bonds. The minimum atomic E-state index is -1.10. The quantitative estimate of drug-likeness (QED) is 0.611. The van der Waals surface area contributed by atoms with Crippen molar-refractivity contribution in [3.8, 4) is 0 Å². The number of rotatable bonds is 6. The lowest BCUT2D eigenvalue weighted by Gasteiger charge is -2.41. The molecule has 0 bridgehead atoms. The summed E-state index contributed by atoms with van der Waals surface area (Å²) >= 11 is 1.06. The van der Waals surface area contributed by atoms with Crippen LogP contribution in [0.15, 0.2) is 11.4 Å². The van der Waals surface area contributed by atoms with Gasteiger partial charge in [0.15, 0.2) is 0 Å². The zero-order valence-electron chi connectivity index (χ0n) is 17.9. The summed E-state index contributed by atoms with van der Waals surface area (Å²) in [6, 6.07) is 1.18. The van der Waals surface area contributed by atoms with Crippen molar-refractivity contribution in [2.24, 2.45) is 23.7 Å². The number of aliphatic carboxylic acids is 1. The van der Waals surface area contributed by atoms with Crippen LogP contribution >= 0.6 is 11.3 Å². The van der Waals surface area contributed by atoms with Gasteiger partial charge >= 0.3 is 11.9 Å². The second-order valence-electron chi connectivity index (χ2n) is 8.74. The summed E-state index contributed by atoms with van der Waals surface area (Å²) in [5.74, 6) is -3.83. The number of nitrogens with zero attached hydrogens (tertiary/aromatic N) is 1. The SMILES string of the molecule is CNC(=O)[C@H]1CCC(N(C(=O)C2CCC(C)CC2)c2ccsc2C(=O)O)C[C@@H]1C(=O)O. The van der Waals surface area contributed by atoms with Crippen LogP contribution in [-0.2, 0) is 14.4 Å². The Morgan fingerprint density at radius 3 is 2.29 bits per heavy atom. The van der Waals surface area contributed by atoms with Gasteiger partial charge in [0.2, 0.25) is 11.8 Å². The van der Waals surface area contributed by atoms with E-state index in [4.69, 9.17) is 0 Å². The Kier molecular flexibility index (Phi) is 7.35. The van der Waals surface area contributed by atoms with Gasteiger partial charge in [-0.2, -0.15) is 0 Å². The first-order valence-corrected chi connectivity index (χ1v) is 11.7. The lowest BCUT2D eigenvalue weighted by atomic mass is 9.75. The van der Waals surface area contributed by atoms with E-state index in [-0.39, 0.29) is 29.0 Å². The molecule has 3 atom stereocenters.